The van der Waals surface area contributed by atoms with Crippen LogP contribution >= 0.6 is 0 Å². The number of nitrogens with zero attached hydrogens (tertiary/aromatic N) is 3. The van der Waals surface area contributed by atoms with Crippen molar-refractivity contribution < 1.29 is 9.53 Å². The minimum atomic E-state index is -0.410. The van der Waals surface area contributed by atoms with Crippen molar-refractivity contribution in [1.82, 2.24) is 14.9 Å². The standard InChI is InChI=1S/C11H18N6O2/c1-7(10(18)17-2-4-19-5-3-17)14-9-6-8(12)15-11(13)16-9/h6-7H,2-5H2,1H3,(H5,12,13,14,15,16). The lowest BCUT2D eigenvalue weighted by atomic mass is 10.2. The molecule has 0 saturated carbocycles. The second-order valence-electron chi connectivity index (χ2n) is 4.34. The van der Waals surface area contributed by atoms with Crippen LogP contribution in [0.2, 0.25) is 0 Å². The summed E-state index contributed by atoms with van der Waals surface area (Å²) in [4.78, 5) is 21.7. The van der Waals surface area contributed by atoms with Gasteiger partial charge in [0.05, 0.1) is 13.2 Å². The molecule has 19 heavy (non-hydrogen) atoms. The van der Waals surface area contributed by atoms with E-state index in [-0.39, 0.29) is 17.7 Å². The Morgan fingerprint density at radius 2 is 2.11 bits per heavy atom. The number of amides is 1. The van der Waals surface area contributed by atoms with Gasteiger partial charge in [0.1, 0.15) is 17.7 Å². The molecule has 1 unspecified atom stereocenters. The molecule has 0 radical (unpaired) electrons. The van der Waals surface area contributed by atoms with Gasteiger partial charge in [-0.1, -0.05) is 0 Å². The molecule has 0 spiro atoms. The van der Waals surface area contributed by atoms with Gasteiger partial charge in [0, 0.05) is 19.2 Å². The van der Waals surface area contributed by atoms with Crippen molar-refractivity contribution >= 4 is 23.5 Å². The summed E-state index contributed by atoms with van der Waals surface area (Å²) in [6, 6.07) is 1.13. The molecule has 1 aliphatic heterocycles. The summed E-state index contributed by atoms with van der Waals surface area (Å²) < 4.78 is 5.21. The van der Waals surface area contributed by atoms with E-state index in [9.17, 15) is 4.79 Å². The topological polar surface area (TPSA) is 119 Å². The Hall–Kier alpha value is -2.09. The van der Waals surface area contributed by atoms with Crippen LogP contribution in [0.4, 0.5) is 17.6 Å². The van der Waals surface area contributed by atoms with Crippen LogP contribution in [0.3, 0.4) is 0 Å². The molecule has 1 aromatic rings. The Morgan fingerprint density at radius 3 is 2.74 bits per heavy atom. The molecule has 104 valence electrons. The zero-order valence-electron chi connectivity index (χ0n) is 10.8. The fraction of sp³-hybridized carbons (Fsp3) is 0.545. The Bertz CT molecular complexity index is 440. The molecule has 0 aromatic carbocycles. The van der Waals surface area contributed by atoms with Crippen LogP contribution in [-0.4, -0.2) is 53.1 Å². The first-order chi connectivity index (χ1) is 9.06. The SMILES string of the molecule is CC(Nc1cc(N)nc(N)n1)C(=O)N1CCOCC1. The molecular weight excluding hydrogens is 248 g/mol. The number of aromatic nitrogens is 2. The van der Waals surface area contributed by atoms with Crippen molar-refractivity contribution in [2.75, 3.05) is 43.1 Å². The average Bonchev–Trinajstić information content (AvgIpc) is 2.37. The maximum absolute atomic E-state index is 12.2. The molecule has 0 bridgehead atoms. The maximum Gasteiger partial charge on any atom is 0.244 e. The number of rotatable bonds is 3. The zero-order valence-corrected chi connectivity index (χ0v) is 10.8. The van der Waals surface area contributed by atoms with E-state index in [0.29, 0.717) is 32.1 Å². The molecule has 5 N–H and O–H groups in total. The van der Waals surface area contributed by atoms with Crippen molar-refractivity contribution in [2.24, 2.45) is 0 Å². The lowest BCUT2D eigenvalue weighted by Crippen LogP contribution is -2.47. The van der Waals surface area contributed by atoms with Gasteiger partial charge in [-0.25, -0.2) is 0 Å². The first kappa shape index (κ1) is 13.3. The highest BCUT2D eigenvalue weighted by Gasteiger charge is 2.22. The largest absolute Gasteiger partial charge is 0.383 e. The summed E-state index contributed by atoms with van der Waals surface area (Å²) in [6.07, 6.45) is 0. The second kappa shape index (κ2) is 5.70. The molecule has 2 rings (SSSR count). The number of hydrogen-bond acceptors (Lipinski definition) is 7. The Morgan fingerprint density at radius 1 is 1.42 bits per heavy atom. The summed E-state index contributed by atoms with van der Waals surface area (Å²) in [5, 5.41) is 2.98. The quantitative estimate of drug-likeness (QED) is 0.661. The smallest absolute Gasteiger partial charge is 0.244 e. The average molecular weight is 266 g/mol. The molecule has 8 nitrogen and oxygen atoms in total. The highest BCUT2D eigenvalue weighted by Crippen LogP contribution is 2.11. The van der Waals surface area contributed by atoms with Crippen LogP contribution in [0.25, 0.3) is 0 Å². The molecule has 1 aromatic heterocycles. The second-order valence-corrected chi connectivity index (χ2v) is 4.34. The summed E-state index contributed by atoms with van der Waals surface area (Å²) in [6.45, 7) is 4.14. The maximum atomic E-state index is 12.2. The third-order valence-electron chi connectivity index (χ3n) is 2.82. The summed E-state index contributed by atoms with van der Waals surface area (Å²) in [7, 11) is 0. The first-order valence-electron chi connectivity index (χ1n) is 6.09. The number of nitrogens with one attached hydrogen (secondary N) is 1. The van der Waals surface area contributed by atoms with Gasteiger partial charge in [-0.3, -0.25) is 4.79 Å². The highest BCUT2D eigenvalue weighted by molar-refractivity contribution is 5.84. The highest BCUT2D eigenvalue weighted by atomic mass is 16.5. The van der Waals surface area contributed by atoms with Crippen LogP contribution in [0, 0.1) is 0 Å². The van der Waals surface area contributed by atoms with Crippen molar-refractivity contribution in [3.63, 3.8) is 0 Å². The molecule has 8 heteroatoms. The van der Waals surface area contributed by atoms with E-state index in [4.69, 9.17) is 16.2 Å². The number of anilines is 3. The van der Waals surface area contributed by atoms with E-state index in [1.165, 1.54) is 0 Å². The summed E-state index contributed by atoms with van der Waals surface area (Å²) >= 11 is 0. The predicted molar refractivity (Wildman–Crippen MR) is 71.3 cm³/mol. The third kappa shape index (κ3) is 3.44. The van der Waals surface area contributed by atoms with Crippen LogP contribution < -0.4 is 16.8 Å². The number of carbonyl (C=O) groups excluding carboxylic acids is 1. The van der Waals surface area contributed by atoms with Crippen LogP contribution in [0.5, 0.6) is 0 Å². The lowest BCUT2D eigenvalue weighted by Gasteiger charge is -2.29. The molecule has 1 saturated heterocycles. The fourth-order valence-corrected chi connectivity index (χ4v) is 1.90. The molecule has 1 aliphatic rings. The number of hydrogen-bond donors (Lipinski definition) is 3. The van der Waals surface area contributed by atoms with Crippen molar-refractivity contribution in [3.05, 3.63) is 6.07 Å². The van der Waals surface area contributed by atoms with Crippen molar-refractivity contribution in [2.45, 2.75) is 13.0 Å². The van der Waals surface area contributed by atoms with E-state index in [0.717, 1.165) is 0 Å². The number of morpholine rings is 1. The van der Waals surface area contributed by atoms with Crippen molar-refractivity contribution in [1.29, 1.82) is 0 Å². The molecule has 1 fully saturated rings. The normalized spacial score (nSPS) is 17.0. The van der Waals surface area contributed by atoms with E-state index in [1.807, 2.05) is 0 Å². The van der Waals surface area contributed by atoms with Crippen LogP contribution in [-0.2, 0) is 9.53 Å². The monoisotopic (exact) mass is 266 g/mol. The van der Waals surface area contributed by atoms with Gasteiger partial charge in [-0.15, -0.1) is 0 Å². The van der Waals surface area contributed by atoms with E-state index in [1.54, 1.807) is 17.9 Å². The lowest BCUT2D eigenvalue weighted by molar-refractivity contribution is -0.135. The van der Waals surface area contributed by atoms with Gasteiger partial charge >= 0.3 is 0 Å². The number of ether oxygens (including phenoxy) is 1. The molecule has 0 aliphatic carbocycles. The molecule has 2 heterocycles. The summed E-state index contributed by atoms with van der Waals surface area (Å²) in [5.41, 5.74) is 11.1. The van der Waals surface area contributed by atoms with E-state index >= 15 is 0 Å². The van der Waals surface area contributed by atoms with Gasteiger partial charge < -0.3 is 26.4 Å². The van der Waals surface area contributed by atoms with Gasteiger partial charge in [0.15, 0.2) is 0 Å². The number of nitrogen functional groups attached to an aromatic ring is 2. The molecular formula is C11H18N6O2. The Balaban J connectivity index is 1.99. The van der Waals surface area contributed by atoms with Gasteiger partial charge in [-0.05, 0) is 6.92 Å². The summed E-state index contributed by atoms with van der Waals surface area (Å²) in [5.74, 6) is 0.785. The zero-order chi connectivity index (χ0) is 13.8. The minimum Gasteiger partial charge on any atom is -0.383 e. The minimum absolute atomic E-state index is 0.000875. The van der Waals surface area contributed by atoms with E-state index < -0.39 is 6.04 Å². The molecule has 1 amide bonds. The Labute approximate surface area is 111 Å². The first-order valence-corrected chi connectivity index (χ1v) is 6.09. The predicted octanol–water partition coefficient (Wildman–Crippen LogP) is -0.700. The van der Waals surface area contributed by atoms with Crippen LogP contribution in [0.15, 0.2) is 6.07 Å². The van der Waals surface area contributed by atoms with Crippen LogP contribution in [0.1, 0.15) is 6.92 Å². The molecule has 1 atom stereocenters. The van der Waals surface area contributed by atoms with Gasteiger partial charge in [0.2, 0.25) is 11.9 Å². The van der Waals surface area contributed by atoms with E-state index in [2.05, 4.69) is 15.3 Å². The van der Waals surface area contributed by atoms with Gasteiger partial charge in [-0.2, -0.15) is 9.97 Å². The van der Waals surface area contributed by atoms with Crippen molar-refractivity contribution in [3.8, 4) is 0 Å². The third-order valence-corrected chi connectivity index (χ3v) is 2.82. The number of carbonyl (C=O) groups is 1. The van der Waals surface area contributed by atoms with Gasteiger partial charge in [0.25, 0.3) is 0 Å². The Kier molecular flexibility index (Phi) is 4.00. The number of nitrogens with two attached hydrogens (primary N) is 2. The fourth-order valence-electron chi connectivity index (χ4n) is 1.90.